The van der Waals surface area contributed by atoms with E-state index in [1.165, 1.54) is 6.92 Å². The molecule has 0 saturated heterocycles. The summed E-state index contributed by atoms with van der Waals surface area (Å²) in [5.41, 5.74) is 1.32. The maximum atomic E-state index is 11.3. The highest BCUT2D eigenvalue weighted by Gasteiger charge is 2.21. The van der Waals surface area contributed by atoms with Crippen molar-refractivity contribution in [1.82, 2.24) is 9.97 Å². The predicted octanol–water partition coefficient (Wildman–Crippen LogP) is 2.36. The van der Waals surface area contributed by atoms with Crippen molar-refractivity contribution in [2.75, 3.05) is 12.4 Å². The molecule has 1 saturated carbocycles. The molecule has 0 aliphatic heterocycles. The Labute approximate surface area is 113 Å². The normalized spacial score (nSPS) is 23.1. The summed E-state index contributed by atoms with van der Waals surface area (Å²) in [5, 5.41) is 3.34. The first-order valence-electron chi connectivity index (χ1n) is 6.74. The fourth-order valence-corrected chi connectivity index (χ4v) is 2.51. The van der Waals surface area contributed by atoms with Crippen molar-refractivity contribution in [3.63, 3.8) is 0 Å². The first-order valence-corrected chi connectivity index (χ1v) is 6.74. The van der Waals surface area contributed by atoms with Gasteiger partial charge in [0.2, 0.25) is 5.95 Å². The molecule has 0 bridgehead atoms. The van der Waals surface area contributed by atoms with Gasteiger partial charge in [0.1, 0.15) is 0 Å². The molecule has 1 N–H and O–H groups in total. The molecule has 5 heteroatoms. The number of hydrogen-bond donors (Lipinski definition) is 1. The lowest BCUT2D eigenvalue weighted by Crippen LogP contribution is -2.30. The summed E-state index contributed by atoms with van der Waals surface area (Å²) < 4.78 is 5.35. The van der Waals surface area contributed by atoms with Gasteiger partial charge < -0.3 is 10.1 Å². The van der Waals surface area contributed by atoms with E-state index in [1.54, 1.807) is 13.3 Å². The number of nitrogens with one attached hydrogen (secondary N) is 1. The van der Waals surface area contributed by atoms with Gasteiger partial charge in [0.25, 0.3) is 0 Å². The standard InChI is InChI=1S/C14H21N3O2/c1-9-13(10(2)18)8-15-14(16-9)17-11-4-6-12(19-3)7-5-11/h8,11-12H,4-7H2,1-3H3,(H,15,16,17). The molecule has 1 aliphatic rings. The lowest BCUT2D eigenvalue weighted by Gasteiger charge is -2.28. The van der Waals surface area contributed by atoms with Gasteiger partial charge in [-0.3, -0.25) is 4.79 Å². The maximum Gasteiger partial charge on any atom is 0.223 e. The molecule has 0 aromatic carbocycles. The smallest absolute Gasteiger partial charge is 0.223 e. The van der Waals surface area contributed by atoms with Crippen LogP contribution in [0, 0.1) is 6.92 Å². The van der Waals surface area contributed by atoms with Gasteiger partial charge in [-0.2, -0.15) is 0 Å². The summed E-state index contributed by atoms with van der Waals surface area (Å²) in [6.07, 6.45) is 6.26. The molecule has 5 nitrogen and oxygen atoms in total. The number of aromatic nitrogens is 2. The number of ketones is 1. The summed E-state index contributed by atoms with van der Waals surface area (Å²) in [7, 11) is 1.77. The Kier molecular flexibility index (Phi) is 4.47. The highest BCUT2D eigenvalue weighted by Crippen LogP contribution is 2.22. The number of carbonyl (C=O) groups is 1. The minimum Gasteiger partial charge on any atom is -0.381 e. The Morgan fingerprint density at radius 3 is 2.58 bits per heavy atom. The van der Waals surface area contributed by atoms with Crippen LogP contribution in [-0.2, 0) is 4.74 Å². The topological polar surface area (TPSA) is 64.1 Å². The first-order chi connectivity index (χ1) is 9.10. The average molecular weight is 263 g/mol. The molecule has 2 rings (SSSR count). The van der Waals surface area contributed by atoms with Crippen molar-refractivity contribution < 1.29 is 9.53 Å². The fourth-order valence-electron chi connectivity index (χ4n) is 2.51. The number of carbonyl (C=O) groups excluding carboxylic acids is 1. The van der Waals surface area contributed by atoms with Crippen LogP contribution < -0.4 is 5.32 Å². The summed E-state index contributed by atoms with van der Waals surface area (Å²) >= 11 is 0. The van der Waals surface area contributed by atoms with Crippen molar-refractivity contribution in [2.45, 2.75) is 51.7 Å². The number of ether oxygens (including phenoxy) is 1. The summed E-state index contributed by atoms with van der Waals surface area (Å²) in [4.78, 5) is 19.9. The number of hydrogen-bond acceptors (Lipinski definition) is 5. The van der Waals surface area contributed by atoms with Crippen molar-refractivity contribution in [2.24, 2.45) is 0 Å². The van der Waals surface area contributed by atoms with Crippen molar-refractivity contribution in [3.8, 4) is 0 Å². The van der Waals surface area contributed by atoms with E-state index in [0.29, 0.717) is 23.7 Å². The molecule has 0 spiro atoms. The largest absolute Gasteiger partial charge is 0.381 e. The second-order valence-electron chi connectivity index (χ2n) is 5.10. The molecule has 1 aromatic heterocycles. The third kappa shape index (κ3) is 3.50. The second-order valence-corrected chi connectivity index (χ2v) is 5.10. The number of nitrogens with zero attached hydrogens (tertiary/aromatic N) is 2. The van der Waals surface area contributed by atoms with Gasteiger partial charge >= 0.3 is 0 Å². The monoisotopic (exact) mass is 263 g/mol. The highest BCUT2D eigenvalue weighted by molar-refractivity contribution is 5.94. The van der Waals surface area contributed by atoms with E-state index >= 15 is 0 Å². The Hall–Kier alpha value is -1.49. The second kappa shape index (κ2) is 6.10. The van der Waals surface area contributed by atoms with Crippen LogP contribution in [0.4, 0.5) is 5.95 Å². The lowest BCUT2D eigenvalue weighted by atomic mass is 9.93. The molecule has 0 amide bonds. The molecule has 1 heterocycles. The van der Waals surface area contributed by atoms with Crippen LogP contribution in [-0.4, -0.2) is 35.0 Å². The van der Waals surface area contributed by atoms with E-state index < -0.39 is 0 Å². The van der Waals surface area contributed by atoms with Gasteiger partial charge in [0.05, 0.1) is 17.4 Å². The van der Waals surface area contributed by atoms with E-state index in [9.17, 15) is 4.79 Å². The first kappa shape index (κ1) is 13.9. The molecule has 19 heavy (non-hydrogen) atoms. The Bertz CT molecular complexity index is 454. The van der Waals surface area contributed by atoms with Crippen LogP contribution in [0.15, 0.2) is 6.20 Å². The van der Waals surface area contributed by atoms with Crippen LogP contribution in [0.3, 0.4) is 0 Å². The predicted molar refractivity (Wildman–Crippen MR) is 73.4 cm³/mol. The van der Waals surface area contributed by atoms with Gasteiger partial charge in [-0.05, 0) is 39.5 Å². The van der Waals surface area contributed by atoms with Crippen LogP contribution in [0.2, 0.25) is 0 Å². The number of Topliss-reactive ketones (excluding diaryl/α,β-unsaturated/α-hetero) is 1. The van der Waals surface area contributed by atoms with E-state index in [1.807, 2.05) is 6.92 Å². The Morgan fingerprint density at radius 1 is 1.37 bits per heavy atom. The minimum atomic E-state index is 0.00431. The molecular weight excluding hydrogens is 242 g/mol. The third-order valence-electron chi connectivity index (χ3n) is 3.70. The summed E-state index contributed by atoms with van der Waals surface area (Å²) in [6, 6.07) is 0.397. The number of rotatable bonds is 4. The Balaban J connectivity index is 1.97. The SMILES string of the molecule is COC1CCC(Nc2ncc(C(C)=O)c(C)n2)CC1. The van der Waals surface area contributed by atoms with Gasteiger partial charge in [-0.25, -0.2) is 9.97 Å². The van der Waals surface area contributed by atoms with Crippen LogP contribution in [0.25, 0.3) is 0 Å². The Morgan fingerprint density at radius 2 is 2.05 bits per heavy atom. The number of aryl methyl sites for hydroxylation is 1. The quantitative estimate of drug-likeness (QED) is 0.845. The molecule has 1 fully saturated rings. The zero-order chi connectivity index (χ0) is 13.8. The number of anilines is 1. The zero-order valence-corrected chi connectivity index (χ0v) is 11.8. The van der Waals surface area contributed by atoms with Crippen LogP contribution >= 0.6 is 0 Å². The fraction of sp³-hybridized carbons (Fsp3) is 0.643. The summed E-state index contributed by atoms with van der Waals surface area (Å²) in [6.45, 7) is 3.37. The van der Waals surface area contributed by atoms with E-state index in [0.717, 1.165) is 31.4 Å². The van der Waals surface area contributed by atoms with Gasteiger partial charge in [0, 0.05) is 19.3 Å². The van der Waals surface area contributed by atoms with Crippen molar-refractivity contribution in [3.05, 3.63) is 17.5 Å². The van der Waals surface area contributed by atoms with E-state index in [4.69, 9.17) is 4.74 Å². The molecule has 1 aliphatic carbocycles. The van der Waals surface area contributed by atoms with E-state index in [-0.39, 0.29) is 5.78 Å². The highest BCUT2D eigenvalue weighted by atomic mass is 16.5. The molecule has 0 radical (unpaired) electrons. The minimum absolute atomic E-state index is 0.00431. The van der Waals surface area contributed by atoms with Crippen LogP contribution in [0.5, 0.6) is 0 Å². The molecule has 0 atom stereocenters. The zero-order valence-electron chi connectivity index (χ0n) is 11.8. The average Bonchev–Trinajstić information content (AvgIpc) is 2.39. The van der Waals surface area contributed by atoms with Gasteiger partial charge in [-0.15, -0.1) is 0 Å². The van der Waals surface area contributed by atoms with E-state index in [2.05, 4.69) is 15.3 Å². The molecular formula is C14H21N3O2. The van der Waals surface area contributed by atoms with Crippen molar-refractivity contribution in [1.29, 1.82) is 0 Å². The molecule has 104 valence electrons. The van der Waals surface area contributed by atoms with Gasteiger partial charge in [0.15, 0.2) is 5.78 Å². The third-order valence-corrected chi connectivity index (χ3v) is 3.70. The van der Waals surface area contributed by atoms with Gasteiger partial charge in [-0.1, -0.05) is 0 Å². The van der Waals surface area contributed by atoms with Crippen molar-refractivity contribution >= 4 is 11.7 Å². The lowest BCUT2D eigenvalue weighted by molar-refractivity contribution is 0.0681. The van der Waals surface area contributed by atoms with Crippen LogP contribution in [0.1, 0.15) is 48.7 Å². The maximum absolute atomic E-state index is 11.3. The molecule has 1 aromatic rings. The summed E-state index contributed by atoms with van der Waals surface area (Å²) in [5.74, 6) is 0.619. The molecule has 0 unspecified atom stereocenters. The number of methoxy groups -OCH3 is 1.